The van der Waals surface area contributed by atoms with E-state index in [4.69, 9.17) is 0 Å². The molecule has 2 heterocycles. The van der Waals surface area contributed by atoms with Crippen LogP contribution in [0.3, 0.4) is 0 Å². The van der Waals surface area contributed by atoms with Crippen molar-refractivity contribution in [3.05, 3.63) is 23.9 Å². The van der Waals surface area contributed by atoms with Gasteiger partial charge >= 0.3 is 0 Å². The molecular weight excluding hydrogens is 188 g/mol. The summed E-state index contributed by atoms with van der Waals surface area (Å²) >= 11 is 0. The quantitative estimate of drug-likeness (QED) is 0.805. The fourth-order valence-electron chi connectivity index (χ4n) is 2.22. The van der Waals surface area contributed by atoms with Gasteiger partial charge < -0.3 is 10.0 Å². The fourth-order valence-corrected chi connectivity index (χ4v) is 2.22. The van der Waals surface area contributed by atoms with Crippen LogP contribution in [-0.4, -0.2) is 22.7 Å². The van der Waals surface area contributed by atoms with Crippen molar-refractivity contribution < 1.29 is 5.11 Å². The number of pyridine rings is 1. The Morgan fingerprint density at radius 3 is 3.00 bits per heavy atom. The third kappa shape index (κ3) is 1.97. The number of aromatic nitrogens is 1. The summed E-state index contributed by atoms with van der Waals surface area (Å²) in [6, 6.07) is 4.38. The Kier molecular flexibility index (Phi) is 2.91. The highest BCUT2D eigenvalue weighted by molar-refractivity contribution is 5.49. The van der Waals surface area contributed by atoms with Crippen LogP contribution in [0.15, 0.2) is 18.3 Å². The van der Waals surface area contributed by atoms with Crippen LogP contribution in [-0.2, 0) is 0 Å². The molecule has 1 fully saturated rings. The van der Waals surface area contributed by atoms with Gasteiger partial charge in [-0.15, -0.1) is 0 Å². The Balaban J connectivity index is 2.34. The maximum absolute atomic E-state index is 9.68. The lowest BCUT2D eigenvalue weighted by Gasteiger charge is -2.25. The molecule has 1 N–H and O–H groups in total. The van der Waals surface area contributed by atoms with Crippen LogP contribution in [0.25, 0.3) is 0 Å². The first kappa shape index (κ1) is 10.4. The summed E-state index contributed by atoms with van der Waals surface area (Å²) in [5, 5.41) is 9.68. The minimum absolute atomic E-state index is 0.443. The maximum atomic E-state index is 9.68. The van der Waals surface area contributed by atoms with E-state index in [-0.39, 0.29) is 0 Å². The average Bonchev–Trinajstić information content (AvgIpc) is 2.64. The van der Waals surface area contributed by atoms with E-state index in [0.29, 0.717) is 6.04 Å². The van der Waals surface area contributed by atoms with E-state index in [1.165, 1.54) is 12.8 Å². The molecule has 2 rings (SSSR count). The first-order valence-electron chi connectivity index (χ1n) is 5.60. The molecule has 0 aromatic carbocycles. The summed E-state index contributed by atoms with van der Waals surface area (Å²) in [4.78, 5) is 6.69. The molecule has 15 heavy (non-hydrogen) atoms. The second-order valence-corrected chi connectivity index (χ2v) is 4.28. The molecule has 1 aliphatic heterocycles. The zero-order chi connectivity index (χ0) is 10.8. The Labute approximate surface area is 90.8 Å². The lowest BCUT2D eigenvalue weighted by atomic mass is 10.1. The lowest BCUT2D eigenvalue weighted by Crippen LogP contribution is -2.28. The zero-order valence-corrected chi connectivity index (χ0v) is 9.35. The van der Waals surface area contributed by atoms with Gasteiger partial charge in [0.25, 0.3) is 0 Å². The van der Waals surface area contributed by atoms with Crippen LogP contribution in [0, 0.1) is 0 Å². The Bertz CT molecular complexity index is 338. The van der Waals surface area contributed by atoms with Crippen LogP contribution < -0.4 is 4.90 Å². The first-order chi connectivity index (χ1) is 7.20. The summed E-state index contributed by atoms with van der Waals surface area (Å²) in [6.07, 6.45) is 3.79. The molecule has 3 heteroatoms. The van der Waals surface area contributed by atoms with E-state index in [1.54, 1.807) is 13.1 Å². The van der Waals surface area contributed by atoms with Crippen molar-refractivity contribution in [2.75, 3.05) is 11.4 Å². The van der Waals surface area contributed by atoms with Gasteiger partial charge in [-0.2, -0.15) is 0 Å². The molecule has 1 aromatic heterocycles. The summed E-state index contributed by atoms with van der Waals surface area (Å²) in [6.45, 7) is 5.06. The third-order valence-electron chi connectivity index (χ3n) is 3.09. The van der Waals surface area contributed by atoms with Gasteiger partial charge in [-0.3, -0.25) is 0 Å². The van der Waals surface area contributed by atoms with Crippen molar-refractivity contribution in [1.29, 1.82) is 0 Å². The van der Waals surface area contributed by atoms with Gasteiger partial charge in [-0.25, -0.2) is 4.98 Å². The molecule has 0 saturated carbocycles. The monoisotopic (exact) mass is 206 g/mol. The van der Waals surface area contributed by atoms with Crippen LogP contribution in [0.5, 0.6) is 0 Å². The number of aliphatic hydroxyl groups is 1. The van der Waals surface area contributed by atoms with Gasteiger partial charge in [-0.05, 0) is 32.8 Å². The van der Waals surface area contributed by atoms with Gasteiger partial charge in [0, 0.05) is 24.3 Å². The molecule has 82 valence electrons. The van der Waals surface area contributed by atoms with Gasteiger partial charge in [0.1, 0.15) is 5.82 Å². The van der Waals surface area contributed by atoms with Crippen molar-refractivity contribution in [3.63, 3.8) is 0 Å². The zero-order valence-electron chi connectivity index (χ0n) is 9.35. The third-order valence-corrected chi connectivity index (χ3v) is 3.09. The number of aliphatic hydroxyl groups excluding tert-OH is 1. The Hall–Kier alpha value is -1.09. The topological polar surface area (TPSA) is 36.4 Å². The van der Waals surface area contributed by atoms with E-state index in [2.05, 4.69) is 16.8 Å². The molecule has 0 radical (unpaired) electrons. The molecular formula is C12H18N2O. The molecule has 3 nitrogen and oxygen atoms in total. The highest BCUT2D eigenvalue weighted by Gasteiger charge is 2.24. The van der Waals surface area contributed by atoms with Gasteiger partial charge in [0.2, 0.25) is 0 Å². The summed E-state index contributed by atoms with van der Waals surface area (Å²) < 4.78 is 0. The van der Waals surface area contributed by atoms with Crippen LogP contribution >= 0.6 is 0 Å². The first-order valence-corrected chi connectivity index (χ1v) is 5.60. The summed E-state index contributed by atoms with van der Waals surface area (Å²) in [7, 11) is 0. The number of hydrogen-bond acceptors (Lipinski definition) is 3. The standard InChI is InChI=1S/C12H18N2O/c1-9-5-4-8-14(9)12-11(10(2)15)6-3-7-13-12/h3,6-7,9-10,15H,4-5,8H2,1-2H3/t9?,10-/m0/s1. The van der Waals surface area contributed by atoms with E-state index in [0.717, 1.165) is 17.9 Å². The Morgan fingerprint density at radius 2 is 2.40 bits per heavy atom. The van der Waals surface area contributed by atoms with Gasteiger partial charge in [-0.1, -0.05) is 6.07 Å². The maximum Gasteiger partial charge on any atom is 0.134 e. The Morgan fingerprint density at radius 1 is 1.60 bits per heavy atom. The van der Waals surface area contributed by atoms with Gasteiger partial charge in [0.05, 0.1) is 6.10 Å². The van der Waals surface area contributed by atoms with Crippen molar-refractivity contribution >= 4 is 5.82 Å². The molecule has 0 spiro atoms. The van der Waals surface area contributed by atoms with Crippen molar-refractivity contribution in [2.45, 2.75) is 38.8 Å². The second-order valence-electron chi connectivity index (χ2n) is 4.28. The van der Waals surface area contributed by atoms with Gasteiger partial charge in [0.15, 0.2) is 0 Å². The van der Waals surface area contributed by atoms with Crippen LogP contribution in [0.2, 0.25) is 0 Å². The molecule has 0 amide bonds. The van der Waals surface area contributed by atoms with E-state index < -0.39 is 6.10 Å². The number of rotatable bonds is 2. The van der Waals surface area contributed by atoms with E-state index in [1.807, 2.05) is 12.1 Å². The smallest absolute Gasteiger partial charge is 0.134 e. The largest absolute Gasteiger partial charge is 0.389 e. The van der Waals surface area contributed by atoms with Crippen molar-refractivity contribution in [2.24, 2.45) is 0 Å². The average molecular weight is 206 g/mol. The highest BCUT2D eigenvalue weighted by Crippen LogP contribution is 2.29. The minimum Gasteiger partial charge on any atom is -0.389 e. The molecule has 0 bridgehead atoms. The minimum atomic E-state index is -0.443. The highest BCUT2D eigenvalue weighted by atomic mass is 16.3. The molecule has 1 unspecified atom stereocenters. The van der Waals surface area contributed by atoms with Crippen LogP contribution in [0.4, 0.5) is 5.82 Å². The predicted octanol–water partition coefficient (Wildman–Crippen LogP) is 2.12. The molecule has 0 aliphatic carbocycles. The number of anilines is 1. The predicted molar refractivity (Wildman–Crippen MR) is 60.9 cm³/mol. The van der Waals surface area contributed by atoms with Crippen LogP contribution in [0.1, 0.15) is 38.4 Å². The number of nitrogens with zero attached hydrogens (tertiary/aromatic N) is 2. The molecule has 2 atom stereocenters. The second kappa shape index (κ2) is 4.19. The summed E-state index contributed by atoms with van der Waals surface area (Å²) in [5.41, 5.74) is 0.936. The van der Waals surface area contributed by atoms with E-state index in [9.17, 15) is 5.11 Å². The molecule has 1 aromatic rings. The van der Waals surface area contributed by atoms with Crippen molar-refractivity contribution in [3.8, 4) is 0 Å². The SMILES string of the molecule is CC1CCCN1c1ncccc1[C@H](C)O. The molecule has 1 aliphatic rings. The normalized spacial score (nSPS) is 23.1. The summed E-state index contributed by atoms with van der Waals surface area (Å²) in [5.74, 6) is 0.956. The fraction of sp³-hybridized carbons (Fsp3) is 0.583. The lowest BCUT2D eigenvalue weighted by molar-refractivity contribution is 0.199. The molecule has 1 saturated heterocycles. The number of hydrogen-bond donors (Lipinski definition) is 1. The van der Waals surface area contributed by atoms with Crippen molar-refractivity contribution in [1.82, 2.24) is 4.98 Å². The van der Waals surface area contributed by atoms with E-state index >= 15 is 0 Å².